The molecule has 0 atom stereocenters. The third kappa shape index (κ3) is 2.46. The molecule has 0 radical (unpaired) electrons. The van der Waals surface area contributed by atoms with Crippen molar-refractivity contribution in [1.29, 1.82) is 0 Å². The summed E-state index contributed by atoms with van der Waals surface area (Å²) in [6.45, 7) is 1.91. The number of fused-ring (bicyclic) bond motifs is 1. The zero-order valence-electron chi connectivity index (χ0n) is 9.90. The predicted molar refractivity (Wildman–Crippen MR) is 79.6 cm³/mol. The molecule has 2 heterocycles. The van der Waals surface area contributed by atoms with Gasteiger partial charge < -0.3 is 9.73 Å². The van der Waals surface area contributed by atoms with Crippen LogP contribution < -0.4 is 11.1 Å². The van der Waals surface area contributed by atoms with Crippen LogP contribution in [0.3, 0.4) is 0 Å². The number of halogens is 1. The van der Waals surface area contributed by atoms with E-state index in [-0.39, 0.29) is 0 Å². The van der Waals surface area contributed by atoms with Crippen LogP contribution in [0.25, 0.3) is 11.1 Å². The first-order valence-electron chi connectivity index (χ1n) is 5.50. The summed E-state index contributed by atoms with van der Waals surface area (Å²) in [5.74, 6) is 0.239. The van der Waals surface area contributed by atoms with Gasteiger partial charge in [-0.1, -0.05) is 0 Å². The average molecular weight is 368 g/mol. The second kappa shape index (κ2) is 4.65. The highest BCUT2D eigenvalue weighted by Crippen LogP contribution is 2.23. The monoisotopic (exact) mass is 368 g/mol. The molecule has 19 heavy (non-hydrogen) atoms. The van der Waals surface area contributed by atoms with Crippen molar-refractivity contribution in [3.63, 3.8) is 0 Å². The van der Waals surface area contributed by atoms with E-state index in [1.165, 1.54) is 6.33 Å². The fourth-order valence-corrected chi connectivity index (χ4v) is 2.26. The van der Waals surface area contributed by atoms with E-state index in [0.717, 1.165) is 15.0 Å². The standard InChI is InChI=1S/C12H9IN4O2/c1-6-2-7(3-8-11(6)17-12(18)19-8)16-10-4-9(13)14-5-15-10/h2-5H,1H3,(H,17,18)(H,14,15,16). The molecule has 0 saturated heterocycles. The Labute approximate surface area is 121 Å². The lowest BCUT2D eigenvalue weighted by Crippen LogP contribution is -1.96. The fraction of sp³-hybridized carbons (Fsp3) is 0.0833. The molecule has 2 N–H and O–H groups in total. The molecule has 0 aliphatic rings. The average Bonchev–Trinajstić information content (AvgIpc) is 2.70. The zero-order valence-corrected chi connectivity index (χ0v) is 12.1. The molecule has 0 bridgehead atoms. The topological polar surface area (TPSA) is 83.8 Å². The van der Waals surface area contributed by atoms with Crippen molar-refractivity contribution in [3.8, 4) is 0 Å². The molecule has 0 aliphatic carbocycles. The third-order valence-electron chi connectivity index (χ3n) is 2.64. The number of nitrogens with zero attached hydrogens (tertiary/aromatic N) is 2. The molecule has 0 saturated carbocycles. The highest BCUT2D eigenvalue weighted by molar-refractivity contribution is 14.1. The summed E-state index contributed by atoms with van der Waals surface area (Å²) in [4.78, 5) is 22.0. The Hall–Kier alpha value is -1.90. The molecule has 0 spiro atoms. The second-order valence-electron chi connectivity index (χ2n) is 4.03. The van der Waals surface area contributed by atoms with Gasteiger partial charge in [-0.3, -0.25) is 4.98 Å². The Morgan fingerprint density at radius 3 is 2.95 bits per heavy atom. The molecule has 3 rings (SSSR count). The van der Waals surface area contributed by atoms with Gasteiger partial charge in [-0.15, -0.1) is 0 Å². The molecule has 7 heteroatoms. The smallest absolute Gasteiger partial charge is 0.408 e. The highest BCUT2D eigenvalue weighted by atomic mass is 127. The number of hydrogen-bond donors (Lipinski definition) is 2. The van der Waals surface area contributed by atoms with E-state index in [0.29, 0.717) is 16.9 Å². The second-order valence-corrected chi connectivity index (χ2v) is 5.14. The van der Waals surface area contributed by atoms with Crippen molar-refractivity contribution in [2.45, 2.75) is 6.92 Å². The van der Waals surface area contributed by atoms with E-state index >= 15 is 0 Å². The van der Waals surface area contributed by atoms with Crippen molar-refractivity contribution in [3.05, 3.63) is 44.3 Å². The van der Waals surface area contributed by atoms with Crippen LogP contribution in [0, 0.1) is 10.6 Å². The zero-order chi connectivity index (χ0) is 13.4. The van der Waals surface area contributed by atoms with Crippen LogP contribution in [0.2, 0.25) is 0 Å². The van der Waals surface area contributed by atoms with Crippen LogP contribution in [0.1, 0.15) is 5.56 Å². The Kier molecular flexibility index (Phi) is 2.97. The quantitative estimate of drug-likeness (QED) is 0.537. The number of oxazole rings is 1. The number of aryl methyl sites for hydroxylation is 1. The summed E-state index contributed by atoms with van der Waals surface area (Å²) in [6.07, 6.45) is 1.49. The van der Waals surface area contributed by atoms with E-state index in [1.807, 2.05) is 19.1 Å². The molecule has 0 amide bonds. The largest absolute Gasteiger partial charge is 0.417 e. The summed E-state index contributed by atoms with van der Waals surface area (Å²) in [7, 11) is 0. The molecular formula is C12H9IN4O2. The van der Waals surface area contributed by atoms with Gasteiger partial charge >= 0.3 is 5.76 Å². The van der Waals surface area contributed by atoms with Crippen LogP contribution in [0.5, 0.6) is 0 Å². The number of aromatic amines is 1. The number of H-pyrrole nitrogens is 1. The molecule has 1 aromatic carbocycles. The minimum Gasteiger partial charge on any atom is -0.408 e. The van der Waals surface area contributed by atoms with Gasteiger partial charge in [0.25, 0.3) is 0 Å². The summed E-state index contributed by atoms with van der Waals surface area (Å²) in [6, 6.07) is 5.51. The van der Waals surface area contributed by atoms with E-state index in [1.54, 1.807) is 6.07 Å². The van der Waals surface area contributed by atoms with Crippen molar-refractivity contribution in [1.82, 2.24) is 15.0 Å². The highest BCUT2D eigenvalue weighted by Gasteiger charge is 2.07. The van der Waals surface area contributed by atoms with Gasteiger partial charge in [0.2, 0.25) is 0 Å². The number of hydrogen-bond acceptors (Lipinski definition) is 5. The third-order valence-corrected chi connectivity index (χ3v) is 3.23. The summed E-state index contributed by atoms with van der Waals surface area (Å²) >= 11 is 2.12. The maximum atomic E-state index is 11.2. The van der Waals surface area contributed by atoms with Crippen molar-refractivity contribution in [2.75, 3.05) is 5.32 Å². The Bertz CT molecular complexity index is 809. The number of anilines is 2. The van der Waals surface area contributed by atoms with Gasteiger partial charge in [0.05, 0.1) is 5.52 Å². The Morgan fingerprint density at radius 2 is 2.16 bits per heavy atom. The summed E-state index contributed by atoms with van der Waals surface area (Å²) in [5, 5.41) is 3.16. The lowest BCUT2D eigenvalue weighted by atomic mass is 10.2. The van der Waals surface area contributed by atoms with Crippen LogP contribution in [-0.2, 0) is 0 Å². The minimum absolute atomic E-state index is 0.452. The van der Waals surface area contributed by atoms with Crippen LogP contribution in [0.15, 0.2) is 33.7 Å². The molecule has 0 unspecified atom stereocenters. The maximum absolute atomic E-state index is 11.2. The van der Waals surface area contributed by atoms with E-state index in [9.17, 15) is 4.79 Å². The molecule has 6 nitrogen and oxygen atoms in total. The van der Waals surface area contributed by atoms with E-state index in [2.05, 4.69) is 42.9 Å². The SMILES string of the molecule is Cc1cc(Nc2cc(I)ncn2)cc2oc(=O)[nH]c12. The van der Waals surface area contributed by atoms with Crippen LogP contribution >= 0.6 is 22.6 Å². The lowest BCUT2D eigenvalue weighted by Gasteiger charge is -2.06. The molecular weight excluding hydrogens is 359 g/mol. The van der Waals surface area contributed by atoms with Gasteiger partial charge in [0.15, 0.2) is 5.58 Å². The number of nitrogens with one attached hydrogen (secondary N) is 2. The molecule has 3 aromatic rings. The summed E-state index contributed by atoms with van der Waals surface area (Å²) < 4.78 is 5.91. The van der Waals surface area contributed by atoms with Crippen LogP contribution in [0.4, 0.5) is 11.5 Å². The van der Waals surface area contributed by atoms with Crippen molar-refractivity contribution in [2.24, 2.45) is 0 Å². The van der Waals surface area contributed by atoms with Gasteiger partial charge in [0, 0.05) is 17.8 Å². The van der Waals surface area contributed by atoms with E-state index in [4.69, 9.17) is 4.42 Å². The van der Waals surface area contributed by atoms with Crippen molar-refractivity contribution >= 4 is 45.2 Å². The first-order valence-corrected chi connectivity index (χ1v) is 6.58. The summed E-state index contributed by atoms with van der Waals surface area (Å²) in [5.41, 5.74) is 2.97. The number of aromatic nitrogens is 3. The van der Waals surface area contributed by atoms with Gasteiger partial charge in [-0.05, 0) is 41.1 Å². The molecule has 96 valence electrons. The van der Waals surface area contributed by atoms with Gasteiger partial charge in [0.1, 0.15) is 15.8 Å². The van der Waals surface area contributed by atoms with E-state index < -0.39 is 5.76 Å². The Morgan fingerprint density at radius 1 is 1.32 bits per heavy atom. The number of rotatable bonds is 2. The fourth-order valence-electron chi connectivity index (χ4n) is 1.84. The van der Waals surface area contributed by atoms with Gasteiger partial charge in [-0.25, -0.2) is 14.8 Å². The molecule has 2 aromatic heterocycles. The first-order chi connectivity index (χ1) is 9.11. The normalized spacial score (nSPS) is 10.8. The maximum Gasteiger partial charge on any atom is 0.417 e. The first kappa shape index (κ1) is 12.2. The van der Waals surface area contributed by atoms with Gasteiger partial charge in [-0.2, -0.15) is 0 Å². The van der Waals surface area contributed by atoms with Crippen LogP contribution in [-0.4, -0.2) is 15.0 Å². The van der Waals surface area contributed by atoms with Crippen molar-refractivity contribution < 1.29 is 4.42 Å². The molecule has 0 fully saturated rings. The lowest BCUT2D eigenvalue weighted by molar-refractivity contribution is 0.555. The molecule has 0 aliphatic heterocycles. The number of benzene rings is 1. The predicted octanol–water partition coefficient (Wildman–Crippen LogP) is 2.57. The Balaban J connectivity index is 2.03. The minimum atomic E-state index is -0.452.